The Morgan fingerprint density at radius 3 is 2.42 bits per heavy atom. The van der Waals surface area contributed by atoms with E-state index >= 15 is 0 Å². The summed E-state index contributed by atoms with van der Waals surface area (Å²) in [4.78, 5) is 34.2. The summed E-state index contributed by atoms with van der Waals surface area (Å²) in [6.07, 6.45) is 1.30. The maximum absolute atomic E-state index is 13.2. The fourth-order valence-corrected chi connectivity index (χ4v) is 3.71. The summed E-state index contributed by atoms with van der Waals surface area (Å²) in [6.45, 7) is 9.31. The Bertz CT molecular complexity index is 876. The predicted octanol–water partition coefficient (Wildman–Crippen LogP) is 2.77. The number of amides is 2. The van der Waals surface area contributed by atoms with Gasteiger partial charge in [0.15, 0.2) is 5.82 Å². The number of hydrogen-bond acceptors (Lipinski definition) is 6. The molecule has 0 radical (unpaired) electrons. The Morgan fingerprint density at radius 1 is 1.16 bits per heavy atom. The number of carbonyl (C=O) groups excluding carboxylic acids is 2. The van der Waals surface area contributed by atoms with Gasteiger partial charge in [-0.15, -0.1) is 0 Å². The number of hydrogen-bond donors (Lipinski definition) is 1. The molecule has 8 nitrogen and oxygen atoms in total. The van der Waals surface area contributed by atoms with Crippen molar-refractivity contribution in [1.29, 1.82) is 0 Å². The second-order valence-electron chi connectivity index (χ2n) is 8.22. The van der Waals surface area contributed by atoms with Gasteiger partial charge in [0.05, 0.1) is 6.54 Å². The molecule has 1 aliphatic heterocycles. The molecule has 31 heavy (non-hydrogen) atoms. The van der Waals surface area contributed by atoms with Gasteiger partial charge in [-0.3, -0.25) is 14.5 Å². The number of nitrogens with one attached hydrogen (secondary N) is 1. The Balaban J connectivity index is 1.57. The highest BCUT2D eigenvalue weighted by Gasteiger charge is 2.29. The van der Waals surface area contributed by atoms with Crippen molar-refractivity contribution in [2.75, 3.05) is 26.2 Å². The van der Waals surface area contributed by atoms with Crippen molar-refractivity contribution in [1.82, 2.24) is 25.3 Å². The van der Waals surface area contributed by atoms with Crippen LogP contribution in [0.1, 0.15) is 49.3 Å². The molecule has 1 aromatic heterocycles. The van der Waals surface area contributed by atoms with E-state index in [1.807, 2.05) is 25.7 Å². The summed E-state index contributed by atoms with van der Waals surface area (Å²) in [5, 5.41) is 7.49. The third-order valence-electron chi connectivity index (χ3n) is 5.28. The van der Waals surface area contributed by atoms with E-state index in [2.05, 4.69) is 20.4 Å². The fraction of sp³-hybridized carbons (Fsp3) is 0.545. The second kappa shape index (κ2) is 10.7. The molecule has 1 aliphatic rings. The molecule has 0 bridgehead atoms. The summed E-state index contributed by atoms with van der Waals surface area (Å²) in [6, 6.07) is 6.11. The Hall–Kier alpha value is -2.45. The molecule has 2 heterocycles. The molecular weight excluding hydrogens is 418 g/mol. The van der Waals surface area contributed by atoms with Crippen LogP contribution in [0.5, 0.6) is 0 Å². The van der Waals surface area contributed by atoms with Gasteiger partial charge < -0.3 is 14.7 Å². The SMILES string of the molecule is CCc1nc(CN2CCN(C(=O)C(CC(C)C)NC(=O)c3ccc(Cl)cc3)CC2)no1. The van der Waals surface area contributed by atoms with Crippen LogP contribution in [-0.2, 0) is 17.8 Å². The lowest BCUT2D eigenvalue weighted by atomic mass is 10.0. The number of piperazine rings is 1. The summed E-state index contributed by atoms with van der Waals surface area (Å²) < 4.78 is 5.16. The van der Waals surface area contributed by atoms with Crippen LogP contribution in [0.15, 0.2) is 28.8 Å². The summed E-state index contributed by atoms with van der Waals surface area (Å²) in [5.41, 5.74) is 0.488. The molecule has 1 unspecified atom stereocenters. The first-order valence-electron chi connectivity index (χ1n) is 10.7. The van der Waals surface area contributed by atoms with Crippen LogP contribution >= 0.6 is 11.6 Å². The van der Waals surface area contributed by atoms with Crippen LogP contribution in [0.2, 0.25) is 5.02 Å². The highest BCUT2D eigenvalue weighted by molar-refractivity contribution is 6.30. The van der Waals surface area contributed by atoms with E-state index in [-0.39, 0.29) is 17.7 Å². The average Bonchev–Trinajstić information content (AvgIpc) is 3.21. The normalized spacial score (nSPS) is 15.8. The van der Waals surface area contributed by atoms with E-state index < -0.39 is 6.04 Å². The van der Waals surface area contributed by atoms with Crippen molar-refractivity contribution in [2.24, 2.45) is 5.92 Å². The van der Waals surface area contributed by atoms with Crippen LogP contribution in [0.4, 0.5) is 0 Å². The Morgan fingerprint density at radius 2 is 1.84 bits per heavy atom. The standard InChI is InChI=1S/C22H30ClN5O3/c1-4-20-25-19(26-31-20)14-27-9-11-28(12-10-27)22(30)18(13-15(2)3)24-21(29)16-5-7-17(23)8-6-16/h5-8,15,18H,4,9-14H2,1-3H3,(H,24,29). The van der Waals surface area contributed by atoms with Gasteiger partial charge in [-0.05, 0) is 36.6 Å². The lowest BCUT2D eigenvalue weighted by Crippen LogP contribution is -2.55. The first-order valence-corrected chi connectivity index (χ1v) is 11.1. The Kier molecular flexibility index (Phi) is 8.03. The quantitative estimate of drug-likeness (QED) is 0.669. The van der Waals surface area contributed by atoms with Crippen molar-refractivity contribution >= 4 is 23.4 Å². The molecule has 9 heteroatoms. The van der Waals surface area contributed by atoms with Gasteiger partial charge in [0, 0.05) is 43.2 Å². The second-order valence-corrected chi connectivity index (χ2v) is 8.66. The van der Waals surface area contributed by atoms with Gasteiger partial charge >= 0.3 is 0 Å². The van der Waals surface area contributed by atoms with Crippen molar-refractivity contribution in [2.45, 2.75) is 46.2 Å². The summed E-state index contributed by atoms with van der Waals surface area (Å²) >= 11 is 5.90. The third-order valence-corrected chi connectivity index (χ3v) is 5.53. The highest BCUT2D eigenvalue weighted by atomic mass is 35.5. The number of aromatic nitrogens is 2. The average molecular weight is 448 g/mol. The lowest BCUT2D eigenvalue weighted by molar-refractivity contribution is -0.135. The molecule has 1 saturated heterocycles. The van der Waals surface area contributed by atoms with Crippen molar-refractivity contribution < 1.29 is 14.1 Å². The van der Waals surface area contributed by atoms with Crippen molar-refractivity contribution in [3.8, 4) is 0 Å². The largest absolute Gasteiger partial charge is 0.340 e. The zero-order valence-corrected chi connectivity index (χ0v) is 19.1. The van der Waals surface area contributed by atoms with Crippen LogP contribution in [0, 0.1) is 5.92 Å². The van der Waals surface area contributed by atoms with Crippen LogP contribution in [0.3, 0.4) is 0 Å². The van der Waals surface area contributed by atoms with Gasteiger partial charge in [0.25, 0.3) is 5.91 Å². The molecule has 2 aromatic rings. The molecule has 0 aliphatic carbocycles. The minimum Gasteiger partial charge on any atom is -0.340 e. The molecule has 0 spiro atoms. The molecule has 0 saturated carbocycles. The molecule has 1 fully saturated rings. The Labute approximate surface area is 187 Å². The molecule has 2 amide bonds. The van der Waals surface area contributed by atoms with E-state index in [1.165, 1.54) is 0 Å². The van der Waals surface area contributed by atoms with Gasteiger partial charge in [0.1, 0.15) is 6.04 Å². The van der Waals surface area contributed by atoms with E-state index in [0.29, 0.717) is 54.8 Å². The number of benzene rings is 1. The number of aryl methyl sites for hydroxylation is 1. The zero-order chi connectivity index (χ0) is 22.4. The fourth-order valence-electron chi connectivity index (χ4n) is 3.58. The van der Waals surface area contributed by atoms with Crippen molar-refractivity contribution in [3.63, 3.8) is 0 Å². The molecular formula is C22H30ClN5O3. The molecule has 1 atom stereocenters. The maximum Gasteiger partial charge on any atom is 0.251 e. The molecule has 3 rings (SSSR count). The van der Waals surface area contributed by atoms with Crippen LogP contribution < -0.4 is 5.32 Å². The third kappa shape index (κ3) is 6.51. The molecule has 168 valence electrons. The van der Waals surface area contributed by atoms with Crippen molar-refractivity contribution in [3.05, 3.63) is 46.6 Å². The minimum absolute atomic E-state index is 0.0384. The molecule has 1 N–H and O–H groups in total. The van der Waals surface area contributed by atoms with Gasteiger partial charge in [-0.2, -0.15) is 4.98 Å². The highest BCUT2D eigenvalue weighted by Crippen LogP contribution is 2.14. The van der Waals surface area contributed by atoms with E-state index in [9.17, 15) is 9.59 Å². The smallest absolute Gasteiger partial charge is 0.251 e. The summed E-state index contributed by atoms with van der Waals surface area (Å²) in [5.74, 6) is 1.27. The van der Waals surface area contributed by atoms with Gasteiger partial charge in [-0.25, -0.2) is 0 Å². The van der Waals surface area contributed by atoms with E-state index in [1.54, 1.807) is 24.3 Å². The predicted molar refractivity (Wildman–Crippen MR) is 118 cm³/mol. The first kappa shape index (κ1) is 23.2. The molecule has 1 aromatic carbocycles. The maximum atomic E-state index is 13.2. The topological polar surface area (TPSA) is 91.6 Å². The van der Waals surface area contributed by atoms with Crippen LogP contribution in [-0.4, -0.2) is 64.0 Å². The van der Waals surface area contributed by atoms with E-state index in [4.69, 9.17) is 16.1 Å². The first-order chi connectivity index (χ1) is 14.9. The monoisotopic (exact) mass is 447 g/mol. The van der Waals surface area contributed by atoms with E-state index in [0.717, 1.165) is 13.1 Å². The van der Waals surface area contributed by atoms with Gasteiger partial charge in [-0.1, -0.05) is 37.5 Å². The van der Waals surface area contributed by atoms with Crippen LogP contribution in [0.25, 0.3) is 0 Å². The number of nitrogens with zero attached hydrogens (tertiary/aromatic N) is 4. The zero-order valence-electron chi connectivity index (χ0n) is 18.3. The number of rotatable bonds is 8. The number of halogens is 1. The van der Waals surface area contributed by atoms with Gasteiger partial charge in [0.2, 0.25) is 11.8 Å². The minimum atomic E-state index is -0.556. The summed E-state index contributed by atoms with van der Waals surface area (Å²) in [7, 11) is 0. The number of carbonyl (C=O) groups is 2. The lowest BCUT2D eigenvalue weighted by Gasteiger charge is -2.36.